The summed E-state index contributed by atoms with van der Waals surface area (Å²) in [5.41, 5.74) is 0.915. The first-order chi connectivity index (χ1) is 10.0. The number of rotatable bonds is 7. The van der Waals surface area contributed by atoms with Gasteiger partial charge in [-0.2, -0.15) is 0 Å². The third kappa shape index (κ3) is 5.19. The first kappa shape index (κ1) is 16.1. The van der Waals surface area contributed by atoms with Crippen LogP contribution in [0.1, 0.15) is 19.5 Å². The van der Waals surface area contributed by atoms with Crippen molar-refractivity contribution in [1.29, 1.82) is 0 Å². The molecule has 7 heteroatoms. The minimum atomic E-state index is 0.424. The molecule has 0 radical (unpaired) electrons. The van der Waals surface area contributed by atoms with Crippen LogP contribution < -0.4 is 10.1 Å². The molecule has 2 rings (SSSR count). The second-order valence-corrected chi connectivity index (χ2v) is 5.75. The molecular weight excluding hydrogens is 311 g/mol. The molecule has 21 heavy (non-hydrogen) atoms. The number of nitrogens with one attached hydrogen (secondary N) is 1. The Morgan fingerprint density at radius 3 is 2.81 bits per heavy atom. The zero-order valence-corrected chi connectivity index (χ0v) is 13.5. The van der Waals surface area contributed by atoms with Gasteiger partial charge in [0.2, 0.25) is 0 Å². The summed E-state index contributed by atoms with van der Waals surface area (Å²) in [4.78, 5) is 0. The minimum Gasteiger partial charge on any atom is -0.492 e. The molecule has 5 nitrogen and oxygen atoms in total. The number of hydrogen-bond acceptors (Lipinski definition) is 4. The molecule has 1 aromatic heterocycles. The predicted octanol–water partition coefficient (Wildman–Crippen LogP) is 3.16. The third-order valence-electron chi connectivity index (χ3n) is 2.76. The lowest BCUT2D eigenvalue weighted by Crippen LogP contribution is -2.21. The fraction of sp³-hybridized carbons (Fsp3) is 0.429. The number of ether oxygens (including phenoxy) is 1. The monoisotopic (exact) mass is 328 g/mol. The van der Waals surface area contributed by atoms with Gasteiger partial charge in [-0.15, -0.1) is 5.10 Å². The molecule has 1 heterocycles. The van der Waals surface area contributed by atoms with Crippen molar-refractivity contribution in [2.75, 3.05) is 6.61 Å². The van der Waals surface area contributed by atoms with Crippen LogP contribution in [0.4, 0.5) is 0 Å². The lowest BCUT2D eigenvalue weighted by atomic mass is 10.3. The zero-order valence-electron chi connectivity index (χ0n) is 12.0. The van der Waals surface area contributed by atoms with Crippen molar-refractivity contribution in [2.45, 2.75) is 33.0 Å². The van der Waals surface area contributed by atoms with Gasteiger partial charge in [0.1, 0.15) is 12.4 Å². The standard InChI is InChI=1S/C14H18Cl2N4O/c1-10(2)17-8-11-9-20(19-18-11)5-6-21-12-3-4-13(15)14(16)7-12/h3-4,7,9-10,17H,5-6,8H2,1-2H3. The molecule has 0 spiro atoms. The quantitative estimate of drug-likeness (QED) is 0.848. The number of benzene rings is 1. The van der Waals surface area contributed by atoms with Gasteiger partial charge >= 0.3 is 0 Å². The van der Waals surface area contributed by atoms with Crippen molar-refractivity contribution in [3.63, 3.8) is 0 Å². The van der Waals surface area contributed by atoms with Gasteiger partial charge in [0.25, 0.3) is 0 Å². The Morgan fingerprint density at radius 1 is 1.29 bits per heavy atom. The van der Waals surface area contributed by atoms with Crippen molar-refractivity contribution in [2.24, 2.45) is 0 Å². The number of hydrogen-bond donors (Lipinski definition) is 1. The largest absolute Gasteiger partial charge is 0.492 e. The summed E-state index contributed by atoms with van der Waals surface area (Å²) in [6.07, 6.45) is 1.91. The summed E-state index contributed by atoms with van der Waals surface area (Å²) in [6.45, 7) is 6.00. The average Bonchev–Trinajstić information content (AvgIpc) is 2.88. The van der Waals surface area contributed by atoms with E-state index in [1.54, 1.807) is 22.9 Å². The van der Waals surface area contributed by atoms with Gasteiger partial charge in [0, 0.05) is 24.8 Å². The Hall–Kier alpha value is -1.30. The van der Waals surface area contributed by atoms with E-state index in [1.807, 2.05) is 6.20 Å². The van der Waals surface area contributed by atoms with Crippen molar-refractivity contribution >= 4 is 23.2 Å². The summed E-state index contributed by atoms with van der Waals surface area (Å²) in [7, 11) is 0. The molecule has 0 saturated carbocycles. The van der Waals surface area contributed by atoms with E-state index in [2.05, 4.69) is 29.5 Å². The third-order valence-corrected chi connectivity index (χ3v) is 3.50. The fourth-order valence-electron chi connectivity index (χ4n) is 1.66. The molecule has 114 valence electrons. The highest BCUT2D eigenvalue weighted by Gasteiger charge is 2.03. The molecule has 1 N–H and O–H groups in total. The second-order valence-electron chi connectivity index (χ2n) is 4.93. The Labute approximate surface area is 134 Å². The summed E-state index contributed by atoms with van der Waals surface area (Å²) >= 11 is 11.8. The minimum absolute atomic E-state index is 0.424. The fourth-order valence-corrected chi connectivity index (χ4v) is 1.95. The van der Waals surface area contributed by atoms with Gasteiger partial charge in [0.15, 0.2) is 0 Å². The average molecular weight is 329 g/mol. The molecule has 0 bridgehead atoms. The highest BCUT2D eigenvalue weighted by Crippen LogP contribution is 2.26. The molecule has 1 aromatic carbocycles. The van der Waals surface area contributed by atoms with Crippen LogP contribution in [0.3, 0.4) is 0 Å². The number of aromatic nitrogens is 3. The Bertz CT molecular complexity index is 586. The topological polar surface area (TPSA) is 52.0 Å². The lowest BCUT2D eigenvalue weighted by molar-refractivity contribution is 0.289. The molecule has 0 saturated heterocycles. The van der Waals surface area contributed by atoms with E-state index in [0.717, 1.165) is 5.69 Å². The highest BCUT2D eigenvalue weighted by molar-refractivity contribution is 6.42. The molecule has 2 aromatic rings. The molecule has 0 aliphatic carbocycles. The SMILES string of the molecule is CC(C)NCc1cn(CCOc2ccc(Cl)c(Cl)c2)nn1. The second kappa shape index (κ2) is 7.64. The highest BCUT2D eigenvalue weighted by atomic mass is 35.5. The van der Waals surface area contributed by atoms with E-state index in [-0.39, 0.29) is 0 Å². The molecule has 0 aliphatic heterocycles. The van der Waals surface area contributed by atoms with Crippen LogP contribution in [0, 0.1) is 0 Å². The summed E-state index contributed by atoms with van der Waals surface area (Å²) in [5, 5.41) is 12.4. The van der Waals surface area contributed by atoms with Gasteiger partial charge in [-0.25, -0.2) is 4.68 Å². The molecule has 0 fully saturated rings. The summed E-state index contributed by atoms with van der Waals surface area (Å²) < 4.78 is 7.36. The summed E-state index contributed by atoms with van der Waals surface area (Å²) in [6, 6.07) is 5.62. The summed E-state index contributed by atoms with van der Waals surface area (Å²) in [5.74, 6) is 0.686. The first-order valence-electron chi connectivity index (χ1n) is 6.75. The molecule has 0 amide bonds. The van der Waals surface area contributed by atoms with Crippen molar-refractivity contribution in [3.05, 3.63) is 40.1 Å². The van der Waals surface area contributed by atoms with Crippen molar-refractivity contribution in [3.8, 4) is 5.75 Å². The zero-order chi connectivity index (χ0) is 15.2. The van der Waals surface area contributed by atoms with Crippen molar-refractivity contribution < 1.29 is 4.74 Å². The maximum absolute atomic E-state index is 5.93. The number of nitrogens with zero attached hydrogens (tertiary/aromatic N) is 3. The maximum atomic E-state index is 5.93. The van der Waals surface area contributed by atoms with E-state index >= 15 is 0 Å². The van der Waals surface area contributed by atoms with Crippen LogP contribution in [0.25, 0.3) is 0 Å². The smallest absolute Gasteiger partial charge is 0.120 e. The van der Waals surface area contributed by atoms with E-state index < -0.39 is 0 Å². The van der Waals surface area contributed by atoms with Gasteiger partial charge < -0.3 is 10.1 Å². The Kier molecular flexibility index (Phi) is 5.85. The molecule has 0 atom stereocenters. The Balaban J connectivity index is 1.79. The van der Waals surface area contributed by atoms with E-state index in [0.29, 0.717) is 41.5 Å². The Morgan fingerprint density at radius 2 is 2.10 bits per heavy atom. The van der Waals surface area contributed by atoms with Crippen LogP contribution in [-0.4, -0.2) is 27.6 Å². The van der Waals surface area contributed by atoms with Gasteiger partial charge in [-0.05, 0) is 12.1 Å². The van der Waals surface area contributed by atoms with Crippen LogP contribution in [0.5, 0.6) is 5.75 Å². The van der Waals surface area contributed by atoms with Crippen molar-refractivity contribution in [1.82, 2.24) is 20.3 Å². The number of halogens is 2. The van der Waals surface area contributed by atoms with E-state index in [1.165, 1.54) is 0 Å². The first-order valence-corrected chi connectivity index (χ1v) is 7.50. The predicted molar refractivity (Wildman–Crippen MR) is 84.0 cm³/mol. The molecule has 0 aliphatic rings. The van der Waals surface area contributed by atoms with Crippen LogP contribution >= 0.6 is 23.2 Å². The van der Waals surface area contributed by atoms with Gasteiger partial charge in [-0.3, -0.25) is 0 Å². The van der Waals surface area contributed by atoms with Gasteiger partial charge in [0.05, 0.1) is 22.3 Å². The molecule has 0 unspecified atom stereocenters. The van der Waals surface area contributed by atoms with E-state index in [4.69, 9.17) is 27.9 Å². The van der Waals surface area contributed by atoms with Crippen LogP contribution in [-0.2, 0) is 13.1 Å². The normalized spacial score (nSPS) is 11.1. The maximum Gasteiger partial charge on any atom is 0.120 e. The molecular formula is C14H18Cl2N4O. The van der Waals surface area contributed by atoms with Crippen LogP contribution in [0.2, 0.25) is 10.0 Å². The van der Waals surface area contributed by atoms with E-state index in [9.17, 15) is 0 Å². The lowest BCUT2D eigenvalue weighted by Gasteiger charge is -2.07. The van der Waals surface area contributed by atoms with Gasteiger partial charge in [-0.1, -0.05) is 42.3 Å². The van der Waals surface area contributed by atoms with Crippen LogP contribution in [0.15, 0.2) is 24.4 Å².